The molecule has 0 atom stereocenters. The van der Waals surface area contributed by atoms with Gasteiger partial charge in [-0.3, -0.25) is 4.68 Å². The summed E-state index contributed by atoms with van der Waals surface area (Å²) in [6.45, 7) is 2.11. The second-order valence-electron chi connectivity index (χ2n) is 5.51. The molecule has 0 bridgehead atoms. The highest BCUT2D eigenvalue weighted by Gasteiger charge is 2.25. The molecule has 118 valence electrons. The smallest absolute Gasteiger partial charge is 0.317 e. The van der Waals surface area contributed by atoms with E-state index in [1.165, 1.54) is 17.0 Å². The van der Waals surface area contributed by atoms with Crippen LogP contribution in [0.15, 0.2) is 24.4 Å². The van der Waals surface area contributed by atoms with Crippen LogP contribution in [0.25, 0.3) is 0 Å². The molecular weight excluding hydrogens is 320 g/mol. The van der Waals surface area contributed by atoms with Crippen LogP contribution < -0.4 is 5.32 Å². The van der Waals surface area contributed by atoms with Gasteiger partial charge >= 0.3 is 6.03 Å². The van der Waals surface area contributed by atoms with Crippen molar-refractivity contribution in [1.29, 1.82) is 0 Å². The lowest BCUT2D eigenvalue weighted by molar-refractivity contribution is 0.180. The number of hydrogen-bond donors (Lipinski definition) is 1. The lowest BCUT2D eigenvalue weighted by Crippen LogP contribution is -2.43. The van der Waals surface area contributed by atoms with E-state index in [0.717, 1.165) is 35.1 Å². The summed E-state index contributed by atoms with van der Waals surface area (Å²) >= 11 is 7.39. The zero-order chi connectivity index (χ0) is 15.5. The van der Waals surface area contributed by atoms with Gasteiger partial charge in [0.1, 0.15) is 0 Å². The second-order valence-corrected chi connectivity index (χ2v) is 7.31. The summed E-state index contributed by atoms with van der Waals surface area (Å²) in [5, 5.41) is 7.19. The highest BCUT2D eigenvalue weighted by molar-refractivity contribution is 7.16. The molecule has 0 spiro atoms. The Hall–Kier alpha value is -1.53. The van der Waals surface area contributed by atoms with Crippen LogP contribution >= 0.6 is 22.9 Å². The highest BCUT2D eigenvalue weighted by atomic mass is 35.5. The van der Waals surface area contributed by atoms with E-state index in [1.54, 1.807) is 0 Å². The van der Waals surface area contributed by atoms with Gasteiger partial charge in [-0.15, -0.1) is 11.3 Å². The maximum Gasteiger partial charge on any atom is 0.317 e. The minimum atomic E-state index is 0.00739. The largest absolute Gasteiger partial charge is 0.333 e. The topological polar surface area (TPSA) is 50.2 Å². The molecule has 1 aliphatic heterocycles. The molecule has 0 unspecified atom stereocenters. The maximum absolute atomic E-state index is 12.2. The van der Waals surface area contributed by atoms with Gasteiger partial charge in [-0.2, -0.15) is 5.10 Å². The minimum Gasteiger partial charge on any atom is -0.333 e. The zero-order valence-electron chi connectivity index (χ0n) is 12.5. The lowest BCUT2D eigenvalue weighted by Gasteiger charge is -2.32. The first kappa shape index (κ1) is 15.4. The molecule has 0 aliphatic carbocycles. The predicted octanol–water partition coefficient (Wildman–Crippen LogP) is 3.22. The van der Waals surface area contributed by atoms with Gasteiger partial charge in [0.25, 0.3) is 0 Å². The molecular formula is C15H19ClN4OS. The fraction of sp³-hybridized carbons (Fsp3) is 0.467. The molecule has 7 heteroatoms. The van der Waals surface area contributed by atoms with Gasteiger partial charge in [0.15, 0.2) is 0 Å². The first-order chi connectivity index (χ1) is 10.6. The summed E-state index contributed by atoms with van der Waals surface area (Å²) in [7, 11) is 1.97. The van der Waals surface area contributed by atoms with Crippen molar-refractivity contribution in [2.45, 2.75) is 25.3 Å². The summed E-state index contributed by atoms with van der Waals surface area (Å²) in [4.78, 5) is 15.2. The first-order valence-electron chi connectivity index (χ1n) is 7.38. The predicted molar refractivity (Wildman–Crippen MR) is 88.3 cm³/mol. The number of thiophene rings is 1. The Morgan fingerprint density at radius 2 is 2.18 bits per heavy atom. The van der Waals surface area contributed by atoms with Crippen LogP contribution in [0.3, 0.4) is 0 Å². The number of nitrogens with zero attached hydrogens (tertiary/aromatic N) is 3. The molecule has 2 aromatic rings. The number of halogens is 1. The molecule has 22 heavy (non-hydrogen) atoms. The average Bonchev–Trinajstić information content (AvgIpc) is 3.13. The SMILES string of the molecule is Cn1nccc1C1CCN(C(=O)NCc2ccc(Cl)s2)CC1. The number of likely N-dealkylation sites (tertiary alicyclic amines) is 1. The van der Waals surface area contributed by atoms with Crippen molar-refractivity contribution >= 4 is 29.0 Å². The van der Waals surface area contributed by atoms with Crippen LogP contribution in [-0.2, 0) is 13.6 Å². The first-order valence-corrected chi connectivity index (χ1v) is 8.58. The number of nitrogens with one attached hydrogen (secondary N) is 1. The van der Waals surface area contributed by atoms with Crippen LogP contribution in [0.1, 0.15) is 29.3 Å². The molecule has 1 aliphatic rings. The maximum atomic E-state index is 12.2. The van der Waals surface area contributed by atoms with Crippen molar-refractivity contribution < 1.29 is 4.79 Å². The Bertz CT molecular complexity index is 646. The van der Waals surface area contributed by atoms with E-state index in [1.807, 2.05) is 35.0 Å². The Balaban J connectivity index is 1.48. The zero-order valence-corrected chi connectivity index (χ0v) is 14.0. The van der Waals surface area contributed by atoms with Gasteiger partial charge < -0.3 is 10.2 Å². The molecule has 3 rings (SSSR count). The van der Waals surface area contributed by atoms with Gasteiger partial charge in [-0.05, 0) is 31.0 Å². The van der Waals surface area contributed by atoms with Gasteiger partial charge in [-0.1, -0.05) is 11.6 Å². The number of amides is 2. The van der Waals surface area contributed by atoms with Crippen LogP contribution in [0.2, 0.25) is 4.34 Å². The van der Waals surface area contributed by atoms with Crippen molar-refractivity contribution in [3.05, 3.63) is 39.3 Å². The second kappa shape index (κ2) is 6.71. The standard InChI is InChI=1S/C15H19ClN4OS/c1-19-13(4-7-18-19)11-5-8-20(9-6-11)15(21)17-10-12-2-3-14(16)22-12/h2-4,7,11H,5-6,8-10H2,1H3,(H,17,21). The van der Waals surface area contributed by atoms with Crippen molar-refractivity contribution in [3.8, 4) is 0 Å². The Morgan fingerprint density at radius 3 is 2.77 bits per heavy atom. The van der Waals surface area contributed by atoms with E-state index in [9.17, 15) is 4.79 Å². The van der Waals surface area contributed by atoms with Crippen molar-refractivity contribution in [3.63, 3.8) is 0 Å². The van der Waals surface area contributed by atoms with Crippen molar-refractivity contribution in [2.75, 3.05) is 13.1 Å². The van der Waals surface area contributed by atoms with E-state index < -0.39 is 0 Å². The number of piperidine rings is 1. The summed E-state index contributed by atoms with van der Waals surface area (Å²) in [5.74, 6) is 0.493. The quantitative estimate of drug-likeness (QED) is 0.934. The molecule has 2 amide bonds. The van der Waals surface area contributed by atoms with Gasteiger partial charge in [-0.25, -0.2) is 4.79 Å². The number of carbonyl (C=O) groups excluding carboxylic acids is 1. The van der Waals surface area contributed by atoms with E-state index in [-0.39, 0.29) is 6.03 Å². The van der Waals surface area contributed by atoms with Crippen LogP contribution in [0.4, 0.5) is 4.79 Å². The summed E-state index contributed by atoms with van der Waals surface area (Å²) in [6, 6.07) is 5.88. The third kappa shape index (κ3) is 3.44. The molecule has 0 aromatic carbocycles. The van der Waals surface area contributed by atoms with E-state index in [0.29, 0.717) is 12.5 Å². The number of aryl methyl sites for hydroxylation is 1. The Labute approximate surface area is 138 Å². The molecule has 5 nitrogen and oxygen atoms in total. The monoisotopic (exact) mass is 338 g/mol. The Morgan fingerprint density at radius 1 is 1.41 bits per heavy atom. The summed E-state index contributed by atoms with van der Waals surface area (Å²) < 4.78 is 2.68. The molecule has 0 radical (unpaired) electrons. The number of hydrogen-bond acceptors (Lipinski definition) is 3. The van der Waals surface area contributed by atoms with Gasteiger partial charge in [0, 0.05) is 42.8 Å². The molecule has 0 saturated carbocycles. The fourth-order valence-corrected chi connectivity index (χ4v) is 3.91. The van der Waals surface area contributed by atoms with Crippen molar-refractivity contribution in [2.24, 2.45) is 7.05 Å². The number of rotatable bonds is 3. The number of aromatic nitrogens is 2. The number of carbonyl (C=O) groups is 1. The molecule has 1 saturated heterocycles. The normalized spacial score (nSPS) is 16.0. The summed E-state index contributed by atoms with van der Waals surface area (Å²) in [5.41, 5.74) is 1.26. The molecule has 2 aromatic heterocycles. The van der Waals surface area contributed by atoms with E-state index >= 15 is 0 Å². The van der Waals surface area contributed by atoms with Crippen molar-refractivity contribution in [1.82, 2.24) is 20.0 Å². The van der Waals surface area contributed by atoms with E-state index in [4.69, 9.17) is 11.6 Å². The van der Waals surface area contributed by atoms with Crippen LogP contribution in [0, 0.1) is 0 Å². The Kier molecular flexibility index (Phi) is 4.69. The van der Waals surface area contributed by atoms with Crippen LogP contribution in [0.5, 0.6) is 0 Å². The minimum absolute atomic E-state index is 0.00739. The third-order valence-corrected chi connectivity index (χ3v) is 5.33. The highest BCUT2D eigenvalue weighted by Crippen LogP contribution is 2.27. The molecule has 1 N–H and O–H groups in total. The van der Waals surface area contributed by atoms with Gasteiger partial charge in [0.05, 0.1) is 10.9 Å². The van der Waals surface area contributed by atoms with Gasteiger partial charge in [0.2, 0.25) is 0 Å². The average molecular weight is 339 g/mol. The van der Waals surface area contributed by atoms with E-state index in [2.05, 4.69) is 16.5 Å². The summed E-state index contributed by atoms with van der Waals surface area (Å²) in [6.07, 6.45) is 3.80. The number of urea groups is 1. The van der Waals surface area contributed by atoms with Crippen LogP contribution in [-0.4, -0.2) is 33.8 Å². The third-order valence-electron chi connectivity index (χ3n) is 4.10. The lowest BCUT2D eigenvalue weighted by atomic mass is 9.93. The fourth-order valence-electron chi connectivity index (χ4n) is 2.88. The molecule has 3 heterocycles. The molecule has 1 fully saturated rings.